The molecule has 58 heavy (non-hydrogen) atoms. The Balaban J connectivity index is 0.000000219. The van der Waals surface area contributed by atoms with E-state index >= 15 is 0 Å². The van der Waals surface area contributed by atoms with E-state index in [1.54, 1.807) is 0 Å². The second-order valence-corrected chi connectivity index (χ2v) is 15.3. The van der Waals surface area contributed by atoms with Crippen LogP contribution in [0.3, 0.4) is 0 Å². The molecule has 3 aromatic carbocycles. The average Bonchev–Trinajstić information content (AvgIpc) is 3.79. The first-order valence-corrected chi connectivity index (χ1v) is 21.1. The monoisotopic (exact) mass is 782 g/mol. The van der Waals surface area contributed by atoms with Crippen LogP contribution in [0.4, 0.5) is 5.69 Å². The van der Waals surface area contributed by atoms with Crippen LogP contribution in [0.2, 0.25) is 0 Å². The van der Waals surface area contributed by atoms with E-state index < -0.39 is 0 Å². The smallest absolute Gasteiger partial charge is 0.115 e. The van der Waals surface area contributed by atoms with Crippen molar-refractivity contribution in [2.75, 3.05) is 45.4 Å². The zero-order chi connectivity index (χ0) is 40.5. The molecule has 0 unspecified atom stereocenters. The first-order valence-electron chi connectivity index (χ1n) is 21.1. The van der Waals surface area contributed by atoms with Crippen molar-refractivity contribution in [3.05, 3.63) is 101 Å². The maximum absolute atomic E-state index is 5.84. The van der Waals surface area contributed by atoms with E-state index in [1.165, 1.54) is 30.4 Å². The maximum atomic E-state index is 5.84. The molecule has 10 nitrogen and oxygen atoms in total. The molecule has 1 atom stereocenters. The van der Waals surface area contributed by atoms with Crippen molar-refractivity contribution in [3.63, 3.8) is 0 Å². The van der Waals surface area contributed by atoms with Crippen LogP contribution in [-0.4, -0.2) is 76.6 Å². The largest absolute Gasteiger partial charge is 0.381 e. The van der Waals surface area contributed by atoms with E-state index in [0.717, 1.165) is 104 Å². The first-order chi connectivity index (χ1) is 28.5. The van der Waals surface area contributed by atoms with Gasteiger partial charge in [0, 0.05) is 82.3 Å². The van der Waals surface area contributed by atoms with Gasteiger partial charge in [-0.05, 0) is 99.2 Å². The summed E-state index contributed by atoms with van der Waals surface area (Å²) in [7, 11) is 4.08. The predicted octanol–water partition coefficient (Wildman–Crippen LogP) is 8.44. The van der Waals surface area contributed by atoms with Crippen molar-refractivity contribution in [3.8, 4) is 46.2 Å². The lowest BCUT2D eigenvalue weighted by molar-refractivity contribution is 0.00370. The van der Waals surface area contributed by atoms with Gasteiger partial charge in [-0.3, -0.25) is 4.68 Å². The second-order valence-electron chi connectivity index (χ2n) is 15.3. The van der Waals surface area contributed by atoms with Crippen molar-refractivity contribution in [1.29, 1.82) is 0 Å². The molecule has 1 aliphatic carbocycles. The molecule has 0 radical (unpaired) electrons. The molecule has 5 aromatic rings. The van der Waals surface area contributed by atoms with Crippen LogP contribution in [0.15, 0.2) is 79.1 Å². The highest BCUT2D eigenvalue weighted by Gasteiger charge is 2.19. The van der Waals surface area contributed by atoms with Crippen LogP contribution in [0.5, 0.6) is 0 Å². The van der Waals surface area contributed by atoms with Crippen LogP contribution >= 0.6 is 0 Å². The third kappa shape index (κ3) is 12.9. The SMILES string of the molecule is CC.CN(C)c1cc(C#CCNCc2ccccc2)ccc1-c1cn(C[C@H]2CCCCO2)nn1.Cc1cc(C#CC2CC2)ccc1-c1cn(CC2CCOCC2)nn1.[HH]. The summed E-state index contributed by atoms with van der Waals surface area (Å²) in [6.45, 7) is 11.9. The number of aromatic nitrogens is 6. The van der Waals surface area contributed by atoms with E-state index in [4.69, 9.17) is 9.47 Å². The van der Waals surface area contributed by atoms with Crippen molar-refractivity contribution in [1.82, 2.24) is 35.3 Å². The molecule has 3 fully saturated rings. The van der Waals surface area contributed by atoms with Crippen molar-refractivity contribution >= 4 is 5.69 Å². The number of anilines is 1. The zero-order valence-electron chi connectivity index (χ0n) is 35.1. The number of aryl methyl sites for hydroxylation is 1. The quantitative estimate of drug-likeness (QED) is 0.112. The minimum atomic E-state index is 0. The number of hydrogen-bond donors (Lipinski definition) is 1. The molecule has 2 aromatic heterocycles. The molecule has 306 valence electrons. The third-order valence-corrected chi connectivity index (χ3v) is 10.4. The van der Waals surface area contributed by atoms with E-state index in [0.29, 0.717) is 18.4 Å². The van der Waals surface area contributed by atoms with Gasteiger partial charge < -0.3 is 19.7 Å². The van der Waals surface area contributed by atoms with Crippen LogP contribution in [0, 0.1) is 42.4 Å². The molecule has 8 rings (SSSR count). The lowest BCUT2D eigenvalue weighted by atomic mass is 10.0. The summed E-state index contributed by atoms with van der Waals surface area (Å²) in [6, 6.07) is 23.0. The van der Waals surface area contributed by atoms with Gasteiger partial charge in [0.25, 0.3) is 0 Å². The molecular formula is C48H62N8O2. The fourth-order valence-corrected chi connectivity index (χ4v) is 7.02. The number of benzene rings is 3. The molecule has 0 bridgehead atoms. The van der Waals surface area contributed by atoms with Crippen LogP contribution < -0.4 is 10.2 Å². The van der Waals surface area contributed by atoms with Crippen molar-refractivity contribution < 1.29 is 10.9 Å². The van der Waals surface area contributed by atoms with Crippen molar-refractivity contribution in [2.24, 2.45) is 11.8 Å². The van der Waals surface area contributed by atoms with Gasteiger partial charge in [-0.25, -0.2) is 4.68 Å². The van der Waals surface area contributed by atoms with E-state index in [-0.39, 0.29) is 7.53 Å². The van der Waals surface area contributed by atoms with Gasteiger partial charge in [0.15, 0.2) is 0 Å². The summed E-state index contributed by atoms with van der Waals surface area (Å²) in [5.74, 6) is 14.4. The summed E-state index contributed by atoms with van der Waals surface area (Å²) < 4.78 is 15.1. The van der Waals surface area contributed by atoms with Crippen LogP contribution in [-0.2, 0) is 29.1 Å². The number of hydrogen-bond acceptors (Lipinski definition) is 8. The Morgan fingerprint density at radius 3 is 2.14 bits per heavy atom. The molecule has 10 heteroatoms. The lowest BCUT2D eigenvalue weighted by Gasteiger charge is -2.21. The molecule has 2 saturated heterocycles. The molecule has 1 N–H and O–H groups in total. The summed E-state index contributed by atoms with van der Waals surface area (Å²) in [5.41, 5.74) is 9.64. The minimum Gasteiger partial charge on any atom is -0.381 e. The zero-order valence-corrected chi connectivity index (χ0v) is 35.1. The highest BCUT2D eigenvalue weighted by atomic mass is 16.5. The van der Waals surface area contributed by atoms with Gasteiger partial charge in [0.05, 0.1) is 31.6 Å². The Morgan fingerprint density at radius 2 is 1.47 bits per heavy atom. The average molecular weight is 783 g/mol. The van der Waals surface area contributed by atoms with Crippen LogP contribution in [0.1, 0.15) is 82.5 Å². The molecule has 4 heterocycles. The second kappa shape index (κ2) is 22.0. The highest BCUT2D eigenvalue weighted by Crippen LogP contribution is 2.30. The van der Waals surface area contributed by atoms with Gasteiger partial charge in [-0.15, -0.1) is 10.2 Å². The van der Waals surface area contributed by atoms with Gasteiger partial charge in [0.1, 0.15) is 11.4 Å². The standard InChI is InChI=1S/C26H31N5O.C20H23N3O.C2H6.H2/c1-30(2)26-17-21(11-8-15-27-18-22-9-4-3-5-10-22)13-14-24(26)25-20-31(29-28-25)19-23-12-6-7-16-32-23;1-15-12-17(5-4-16-2-3-16)6-7-19(15)20-14-23(22-21-20)13-18-8-10-24-11-9-18;1-2;/h3-5,9-10,13-14,17,20,23,27H,6-7,12,15-16,18-19H2,1-2H3;6-7,12,14,16,18H,2-3,8-11,13H2,1H3;1-2H3;1H/t23-;;;/m1.../s1. The Labute approximate surface area is 347 Å². The molecule has 3 aliphatic rings. The summed E-state index contributed by atoms with van der Waals surface area (Å²) in [5, 5.41) is 20.8. The van der Waals surface area contributed by atoms with Crippen molar-refractivity contribution in [2.45, 2.75) is 91.5 Å². The van der Waals surface area contributed by atoms with Gasteiger partial charge in [-0.1, -0.05) is 84.4 Å². The lowest BCUT2D eigenvalue weighted by Crippen LogP contribution is -2.24. The normalized spacial score (nSPS) is 16.3. The Morgan fingerprint density at radius 1 is 0.776 bits per heavy atom. The maximum Gasteiger partial charge on any atom is 0.115 e. The number of rotatable bonds is 10. The molecule has 1 saturated carbocycles. The van der Waals surface area contributed by atoms with Gasteiger partial charge in [0.2, 0.25) is 0 Å². The summed E-state index contributed by atoms with van der Waals surface area (Å²) in [6.07, 6.45) is 12.5. The third-order valence-electron chi connectivity index (χ3n) is 10.4. The number of nitrogens with one attached hydrogen (secondary N) is 1. The van der Waals surface area contributed by atoms with Gasteiger partial charge in [-0.2, -0.15) is 0 Å². The number of nitrogens with zero attached hydrogens (tertiary/aromatic N) is 7. The van der Waals surface area contributed by atoms with E-state index in [2.05, 4.69) is 128 Å². The van der Waals surface area contributed by atoms with Gasteiger partial charge >= 0.3 is 0 Å². The topological polar surface area (TPSA) is 95.2 Å². The minimum absolute atomic E-state index is 0. The highest BCUT2D eigenvalue weighted by molar-refractivity contribution is 5.77. The summed E-state index contributed by atoms with van der Waals surface area (Å²) >= 11 is 0. The molecule has 2 aliphatic heterocycles. The molecule has 0 amide bonds. The molecular weight excluding hydrogens is 721 g/mol. The predicted molar refractivity (Wildman–Crippen MR) is 235 cm³/mol. The Hall–Kier alpha value is -5.26. The molecule has 0 spiro atoms. The Kier molecular flexibility index (Phi) is 16.1. The fourth-order valence-electron chi connectivity index (χ4n) is 7.02. The fraction of sp³-hybridized carbons (Fsp3) is 0.458. The van der Waals surface area contributed by atoms with E-state index in [1.807, 2.05) is 49.6 Å². The number of ether oxygens (including phenoxy) is 2. The van der Waals surface area contributed by atoms with E-state index in [9.17, 15) is 0 Å². The summed E-state index contributed by atoms with van der Waals surface area (Å²) in [4.78, 5) is 2.09. The Bertz CT molecular complexity index is 2140. The first kappa shape index (κ1) is 42.3. The van der Waals surface area contributed by atoms with Crippen LogP contribution in [0.25, 0.3) is 22.5 Å².